The first kappa shape index (κ1) is 19.2. The highest BCUT2D eigenvalue weighted by molar-refractivity contribution is 7.80. The fraction of sp³-hybridized carbons (Fsp3) is 0.350. The number of allylic oxidation sites excluding steroid dienone is 4. The summed E-state index contributed by atoms with van der Waals surface area (Å²) >= 11 is 5.20. The quantitative estimate of drug-likeness (QED) is 0.520. The Morgan fingerprint density at radius 1 is 1.39 bits per heavy atom. The van der Waals surface area contributed by atoms with Gasteiger partial charge in [-0.05, 0) is 78.6 Å². The standard InChI is InChI=1S/C20H27NOS/c1-5-8-17-13-19(16(6-2)9-7-12-21)20(22)18(15(17)4)11-10-14(3)23/h6-7,9,12-13,22H,2,5,8,10-11,21H2,1,3-4H3/b12-7-,16-9+. The third-order valence-corrected chi connectivity index (χ3v) is 4.16. The first-order valence-corrected chi connectivity index (χ1v) is 8.42. The molecule has 0 aliphatic rings. The fourth-order valence-electron chi connectivity index (χ4n) is 2.67. The number of hydrogen-bond acceptors (Lipinski definition) is 3. The molecule has 3 heteroatoms. The van der Waals surface area contributed by atoms with E-state index in [0.717, 1.165) is 47.2 Å². The van der Waals surface area contributed by atoms with Crippen molar-refractivity contribution in [3.8, 4) is 5.75 Å². The van der Waals surface area contributed by atoms with Crippen molar-refractivity contribution in [3.05, 3.63) is 59.3 Å². The lowest BCUT2D eigenvalue weighted by Crippen LogP contribution is -2.02. The summed E-state index contributed by atoms with van der Waals surface area (Å²) in [6.45, 7) is 10.0. The van der Waals surface area contributed by atoms with Crippen LogP contribution in [0, 0.1) is 6.92 Å². The van der Waals surface area contributed by atoms with Gasteiger partial charge in [0.1, 0.15) is 5.75 Å². The van der Waals surface area contributed by atoms with Crippen LogP contribution < -0.4 is 5.73 Å². The Labute approximate surface area is 145 Å². The van der Waals surface area contributed by atoms with Crippen LogP contribution >= 0.6 is 12.2 Å². The monoisotopic (exact) mass is 329 g/mol. The molecule has 0 saturated heterocycles. The van der Waals surface area contributed by atoms with Gasteiger partial charge in [-0.25, -0.2) is 0 Å². The smallest absolute Gasteiger partial charge is 0.126 e. The number of phenols is 1. The number of rotatable bonds is 8. The third kappa shape index (κ3) is 5.07. The van der Waals surface area contributed by atoms with Crippen LogP contribution in [0.1, 0.15) is 48.9 Å². The Morgan fingerprint density at radius 2 is 2.09 bits per heavy atom. The van der Waals surface area contributed by atoms with Gasteiger partial charge in [-0.15, -0.1) is 0 Å². The van der Waals surface area contributed by atoms with Gasteiger partial charge in [0.2, 0.25) is 0 Å². The highest BCUT2D eigenvalue weighted by Gasteiger charge is 2.16. The molecule has 0 aliphatic carbocycles. The highest BCUT2D eigenvalue weighted by atomic mass is 32.1. The largest absolute Gasteiger partial charge is 0.507 e. The van der Waals surface area contributed by atoms with E-state index in [1.807, 2.05) is 13.0 Å². The van der Waals surface area contributed by atoms with Gasteiger partial charge in [-0.2, -0.15) is 0 Å². The maximum Gasteiger partial charge on any atom is 0.126 e. The van der Waals surface area contributed by atoms with Crippen LogP contribution in [-0.2, 0) is 12.8 Å². The van der Waals surface area contributed by atoms with Crippen molar-refractivity contribution < 1.29 is 5.11 Å². The maximum atomic E-state index is 10.8. The van der Waals surface area contributed by atoms with Crippen LogP contribution in [0.2, 0.25) is 0 Å². The van der Waals surface area contributed by atoms with E-state index in [-0.39, 0.29) is 0 Å². The Kier molecular flexibility index (Phi) is 7.76. The summed E-state index contributed by atoms with van der Waals surface area (Å²) in [5.74, 6) is 0.329. The lowest BCUT2D eigenvalue weighted by atomic mass is 9.89. The number of aryl methyl sites for hydroxylation is 1. The zero-order valence-electron chi connectivity index (χ0n) is 14.4. The molecule has 2 nitrogen and oxygen atoms in total. The Hall–Kier alpha value is -1.87. The molecular weight excluding hydrogens is 302 g/mol. The number of hydrogen-bond donors (Lipinski definition) is 2. The van der Waals surface area contributed by atoms with Crippen LogP contribution in [0.25, 0.3) is 5.57 Å². The number of thiocarbonyl (C=S) groups is 1. The molecule has 0 radical (unpaired) electrons. The van der Waals surface area contributed by atoms with Crippen molar-refractivity contribution in [3.63, 3.8) is 0 Å². The Balaban J connectivity index is 3.50. The zero-order chi connectivity index (χ0) is 17.4. The molecule has 0 unspecified atom stereocenters. The van der Waals surface area contributed by atoms with Crippen molar-refractivity contribution in [1.29, 1.82) is 0 Å². The van der Waals surface area contributed by atoms with Crippen LogP contribution in [0.15, 0.2) is 37.1 Å². The Morgan fingerprint density at radius 3 is 2.61 bits per heavy atom. The van der Waals surface area contributed by atoms with Crippen LogP contribution in [0.4, 0.5) is 0 Å². The minimum Gasteiger partial charge on any atom is -0.507 e. The molecule has 1 aromatic rings. The average molecular weight is 330 g/mol. The van der Waals surface area contributed by atoms with Crippen LogP contribution in [-0.4, -0.2) is 9.97 Å². The second-order valence-electron chi connectivity index (χ2n) is 5.70. The van der Waals surface area contributed by atoms with E-state index in [1.54, 1.807) is 12.2 Å². The molecule has 0 fully saturated rings. The molecule has 124 valence electrons. The van der Waals surface area contributed by atoms with Crippen molar-refractivity contribution >= 4 is 22.7 Å². The molecular formula is C20H27NOS. The summed E-state index contributed by atoms with van der Waals surface area (Å²) in [7, 11) is 0. The van der Waals surface area contributed by atoms with Crippen molar-refractivity contribution in [2.24, 2.45) is 5.73 Å². The predicted octanol–water partition coefficient (Wildman–Crippen LogP) is 5.02. The van der Waals surface area contributed by atoms with E-state index in [0.29, 0.717) is 5.75 Å². The fourth-order valence-corrected chi connectivity index (χ4v) is 2.77. The van der Waals surface area contributed by atoms with Gasteiger partial charge < -0.3 is 10.8 Å². The molecule has 0 aromatic heterocycles. The molecule has 1 aromatic carbocycles. The Bertz CT molecular complexity index is 642. The molecule has 0 saturated carbocycles. The summed E-state index contributed by atoms with van der Waals surface area (Å²) in [6.07, 6.45) is 10.4. The second-order valence-corrected chi connectivity index (χ2v) is 6.40. The van der Waals surface area contributed by atoms with Crippen LogP contribution in [0.3, 0.4) is 0 Å². The molecule has 0 amide bonds. The number of nitrogens with two attached hydrogens (primary N) is 1. The molecule has 0 heterocycles. The molecule has 3 N–H and O–H groups in total. The van der Waals surface area contributed by atoms with Crippen molar-refractivity contribution in [2.75, 3.05) is 0 Å². The SMILES string of the molecule is C=C/C(=C\C=C/N)c1cc(CCC)c(C)c(CCC(C)=S)c1O. The number of benzene rings is 1. The molecule has 23 heavy (non-hydrogen) atoms. The van der Waals surface area contributed by atoms with E-state index >= 15 is 0 Å². The third-order valence-electron chi connectivity index (χ3n) is 3.96. The molecule has 0 atom stereocenters. The molecule has 0 bridgehead atoms. The van der Waals surface area contributed by atoms with E-state index in [1.165, 1.54) is 17.3 Å². The average Bonchev–Trinajstić information content (AvgIpc) is 2.51. The molecule has 0 spiro atoms. The topological polar surface area (TPSA) is 46.2 Å². The summed E-state index contributed by atoms with van der Waals surface area (Å²) in [5.41, 5.74) is 10.5. The summed E-state index contributed by atoms with van der Waals surface area (Å²) in [5, 5.41) is 10.8. The van der Waals surface area contributed by atoms with Gasteiger partial charge in [-0.3, -0.25) is 0 Å². The van der Waals surface area contributed by atoms with E-state index in [4.69, 9.17) is 18.0 Å². The van der Waals surface area contributed by atoms with Gasteiger partial charge in [0.15, 0.2) is 0 Å². The summed E-state index contributed by atoms with van der Waals surface area (Å²) < 4.78 is 0. The van der Waals surface area contributed by atoms with Crippen molar-refractivity contribution in [1.82, 2.24) is 0 Å². The number of aromatic hydroxyl groups is 1. The normalized spacial score (nSPS) is 11.9. The van der Waals surface area contributed by atoms with Gasteiger partial charge in [0.25, 0.3) is 0 Å². The first-order chi connectivity index (χ1) is 11.0. The first-order valence-electron chi connectivity index (χ1n) is 8.01. The van der Waals surface area contributed by atoms with E-state index < -0.39 is 0 Å². The summed E-state index contributed by atoms with van der Waals surface area (Å²) in [4.78, 5) is 0.955. The van der Waals surface area contributed by atoms with E-state index in [2.05, 4.69) is 26.5 Å². The van der Waals surface area contributed by atoms with Crippen molar-refractivity contribution in [2.45, 2.75) is 46.5 Å². The minimum atomic E-state index is 0.329. The summed E-state index contributed by atoms with van der Waals surface area (Å²) in [6, 6.07) is 2.07. The van der Waals surface area contributed by atoms with E-state index in [9.17, 15) is 5.11 Å². The molecule has 0 aliphatic heterocycles. The lowest BCUT2D eigenvalue weighted by molar-refractivity contribution is 0.465. The van der Waals surface area contributed by atoms with Gasteiger partial charge in [-0.1, -0.05) is 44.3 Å². The maximum absolute atomic E-state index is 10.8. The van der Waals surface area contributed by atoms with Gasteiger partial charge in [0, 0.05) is 5.56 Å². The zero-order valence-corrected chi connectivity index (χ0v) is 15.2. The minimum absolute atomic E-state index is 0.329. The molecule has 1 rings (SSSR count). The number of phenolic OH excluding ortho intramolecular Hbond substituents is 1. The van der Waals surface area contributed by atoms with Crippen LogP contribution in [0.5, 0.6) is 5.75 Å². The predicted molar refractivity (Wildman–Crippen MR) is 105 cm³/mol. The second kappa shape index (κ2) is 9.31. The lowest BCUT2D eigenvalue weighted by Gasteiger charge is -2.18. The van der Waals surface area contributed by atoms with Gasteiger partial charge in [0.05, 0.1) is 0 Å². The van der Waals surface area contributed by atoms with Gasteiger partial charge >= 0.3 is 0 Å². The highest BCUT2D eigenvalue weighted by Crippen LogP contribution is 2.35.